The van der Waals surface area contributed by atoms with Crippen LogP contribution < -0.4 is 5.32 Å². The summed E-state index contributed by atoms with van der Waals surface area (Å²) in [7, 11) is 1.69. The van der Waals surface area contributed by atoms with Gasteiger partial charge < -0.3 is 15.0 Å². The summed E-state index contributed by atoms with van der Waals surface area (Å²) >= 11 is 1.65. The first-order valence-electron chi connectivity index (χ1n) is 8.49. The van der Waals surface area contributed by atoms with Gasteiger partial charge in [0, 0.05) is 44.1 Å². The van der Waals surface area contributed by atoms with E-state index in [0.29, 0.717) is 18.6 Å². The van der Waals surface area contributed by atoms with Gasteiger partial charge in [-0.05, 0) is 12.3 Å². The summed E-state index contributed by atoms with van der Waals surface area (Å²) in [5.74, 6) is 0.889. The molecule has 0 radical (unpaired) electrons. The molecule has 1 aromatic heterocycles. The summed E-state index contributed by atoms with van der Waals surface area (Å²) < 4.78 is 5.11. The van der Waals surface area contributed by atoms with Crippen molar-refractivity contribution < 1.29 is 9.53 Å². The molecule has 2 rings (SSSR count). The van der Waals surface area contributed by atoms with Gasteiger partial charge in [-0.1, -0.05) is 27.2 Å². The van der Waals surface area contributed by atoms with Crippen LogP contribution in [0.4, 0.5) is 0 Å². The number of thiazole rings is 1. The summed E-state index contributed by atoms with van der Waals surface area (Å²) in [6, 6.07) is 0.462. The van der Waals surface area contributed by atoms with E-state index in [4.69, 9.17) is 4.74 Å². The Kier molecular flexibility index (Phi) is 6.99. The zero-order valence-electron chi connectivity index (χ0n) is 14.7. The maximum absolute atomic E-state index is 12.2. The van der Waals surface area contributed by atoms with Crippen molar-refractivity contribution in [1.82, 2.24) is 15.2 Å². The number of likely N-dealkylation sites (tertiary alicyclic amines) is 1. The predicted octanol–water partition coefficient (Wildman–Crippen LogP) is 2.66. The molecule has 0 saturated carbocycles. The molecule has 0 aromatic carbocycles. The highest BCUT2D eigenvalue weighted by Crippen LogP contribution is 2.22. The third kappa shape index (κ3) is 4.99. The fourth-order valence-corrected chi connectivity index (χ4v) is 3.90. The first-order chi connectivity index (χ1) is 11.0. The summed E-state index contributed by atoms with van der Waals surface area (Å²) in [6.07, 6.45) is 2.11. The van der Waals surface area contributed by atoms with Crippen LogP contribution in [0.5, 0.6) is 0 Å². The van der Waals surface area contributed by atoms with Crippen LogP contribution in [0.3, 0.4) is 0 Å². The summed E-state index contributed by atoms with van der Waals surface area (Å²) in [6.45, 7) is 9.27. The number of nitrogens with one attached hydrogen (secondary N) is 1. The smallest absolute Gasteiger partial charge is 0.225 e. The lowest BCUT2D eigenvalue weighted by atomic mass is 9.89. The molecular formula is C17H29N3O2S. The molecule has 1 N–H and O–H groups in total. The van der Waals surface area contributed by atoms with Crippen molar-refractivity contribution in [1.29, 1.82) is 0 Å². The van der Waals surface area contributed by atoms with Gasteiger partial charge in [0.05, 0.1) is 12.3 Å². The van der Waals surface area contributed by atoms with Gasteiger partial charge in [-0.3, -0.25) is 4.79 Å². The average Bonchev–Trinajstić information content (AvgIpc) is 3.00. The molecule has 1 saturated heterocycles. The first-order valence-corrected chi connectivity index (χ1v) is 9.37. The number of carbonyl (C=O) groups is 1. The molecule has 130 valence electrons. The van der Waals surface area contributed by atoms with Crippen LogP contribution in [-0.4, -0.2) is 42.0 Å². The largest absolute Gasteiger partial charge is 0.378 e. The van der Waals surface area contributed by atoms with Crippen molar-refractivity contribution in [3.8, 4) is 0 Å². The van der Waals surface area contributed by atoms with Crippen LogP contribution in [0.15, 0.2) is 5.38 Å². The summed E-state index contributed by atoms with van der Waals surface area (Å²) in [5.41, 5.74) is 1.08. The molecule has 0 bridgehead atoms. The Bertz CT molecular complexity index is 504. The number of hydrogen-bond donors (Lipinski definition) is 1. The van der Waals surface area contributed by atoms with E-state index in [2.05, 4.69) is 22.6 Å². The molecule has 2 heterocycles. The SMILES string of the molecule is CC[C@H]1CN(C(=O)C(C)C)CC[C@H]1NCc1csc(COC)n1. The van der Waals surface area contributed by atoms with Gasteiger partial charge in [0.15, 0.2) is 0 Å². The number of methoxy groups -OCH3 is 1. The van der Waals surface area contributed by atoms with Gasteiger partial charge in [-0.2, -0.15) is 0 Å². The molecule has 1 fully saturated rings. The lowest BCUT2D eigenvalue weighted by Crippen LogP contribution is -2.51. The Balaban J connectivity index is 1.86. The first kappa shape index (κ1) is 18.4. The van der Waals surface area contributed by atoms with Crippen molar-refractivity contribution in [3.63, 3.8) is 0 Å². The zero-order valence-corrected chi connectivity index (χ0v) is 15.5. The monoisotopic (exact) mass is 339 g/mol. The number of hydrogen-bond acceptors (Lipinski definition) is 5. The van der Waals surface area contributed by atoms with E-state index in [1.54, 1.807) is 18.4 Å². The fraction of sp³-hybridized carbons (Fsp3) is 0.765. The molecule has 2 atom stereocenters. The van der Waals surface area contributed by atoms with Crippen molar-refractivity contribution in [3.05, 3.63) is 16.1 Å². The van der Waals surface area contributed by atoms with E-state index in [1.807, 2.05) is 18.7 Å². The molecular weight excluding hydrogens is 310 g/mol. The van der Waals surface area contributed by atoms with Gasteiger partial charge in [-0.25, -0.2) is 4.98 Å². The van der Waals surface area contributed by atoms with E-state index in [1.165, 1.54) is 0 Å². The van der Waals surface area contributed by atoms with Crippen LogP contribution in [0.2, 0.25) is 0 Å². The molecule has 1 aliphatic rings. The van der Waals surface area contributed by atoms with Gasteiger partial charge in [0.1, 0.15) is 5.01 Å². The maximum atomic E-state index is 12.2. The van der Waals surface area contributed by atoms with Crippen LogP contribution >= 0.6 is 11.3 Å². The van der Waals surface area contributed by atoms with Crippen LogP contribution in [0.1, 0.15) is 44.3 Å². The molecule has 1 amide bonds. The fourth-order valence-electron chi connectivity index (χ4n) is 3.14. The third-order valence-electron chi connectivity index (χ3n) is 4.48. The molecule has 0 aliphatic carbocycles. The summed E-state index contributed by atoms with van der Waals surface area (Å²) in [5, 5.41) is 6.77. The van der Waals surface area contributed by atoms with E-state index < -0.39 is 0 Å². The third-order valence-corrected chi connectivity index (χ3v) is 5.35. The van der Waals surface area contributed by atoms with Gasteiger partial charge >= 0.3 is 0 Å². The Morgan fingerprint density at radius 1 is 1.57 bits per heavy atom. The zero-order chi connectivity index (χ0) is 16.8. The number of ether oxygens (including phenoxy) is 1. The second kappa shape index (κ2) is 8.76. The molecule has 6 heteroatoms. The standard InChI is InChI=1S/C17H29N3O2S/c1-5-13-9-20(17(21)12(2)3)7-6-15(13)18-8-14-11-23-16(19-14)10-22-4/h11-13,15,18H,5-10H2,1-4H3/t13-,15+/m0/s1. The number of carbonyl (C=O) groups excluding carboxylic acids is 1. The van der Waals surface area contributed by atoms with Crippen molar-refractivity contribution in [2.45, 2.75) is 52.8 Å². The van der Waals surface area contributed by atoms with Crippen LogP contribution in [0.25, 0.3) is 0 Å². The average molecular weight is 340 g/mol. The van der Waals surface area contributed by atoms with E-state index >= 15 is 0 Å². The molecule has 1 aliphatic heterocycles. The predicted molar refractivity (Wildman–Crippen MR) is 93.3 cm³/mol. The van der Waals surface area contributed by atoms with E-state index in [-0.39, 0.29) is 11.8 Å². The van der Waals surface area contributed by atoms with Gasteiger partial charge in [0.2, 0.25) is 5.91 Å². The van der Waals surface area contributed by atoms with Gasteiger partial charge in [-0.15, -0.1) is 11.3 Å². The van der Waals surface area contributed by atoms with Crippen molar-refractivity contribution in [2.24, 2.45) is 11.8 Å². The van der Waals surface area contributed by atoms with E-state index in [0.717, 1.165) is 43.2 Å². The number of amides is 1. The molecule has 23 heavy (non-hydrogen) atoms. The Labute approximate surface area is 143 Å². The normalized spacial score (nSPS) is 21.9. The Hall–Kier alpha value is -0.980. The Morgan fingerprint density at radius 3 is 3.00 bits per heavy atom. The van der Waals surface area contributed by atoms with E-state index in [9.17, 15) is 4.79 Å². The highest BCUT2D eigenvalue weighted by molar-refractivity contribution is 7.09. The second-order valence-corrected chi connectivity index (χ2v) is 7.49. The molecule has 0 unspecified atom stereocenters. The number of aromatic nitrogens is 1. The maximum Gasteiger partial charge on any atom is 0.225 e. The van der Waals surface area contributed by atoms with Crippen molar-refractivity contribution in [2.75, 3.05) is 20.2 Å². The van der Waals surface area contributed by atoms with Crippen LogP contribution in [0, 0.1) is 11.8 Å². The number of piperidine rings is 1. The highest BCUT2D eigenvalue weighted by Gasteiger charge is 2.30. The number of rotatable bonds is 7. The van der Waals surface area contributed by atoms with Gasteiger partial charge in [0.25, 0.3) is 0 Å². The minimum atomic E-state index is 0.0891. The highest BCUT2D eigenvalue weighted by atomic mass is 32.1. The van der Waals surface area contributed by atoms with Crippen LogP contribution in [-0.2, 0) is 22.7 Å². The lowest BCUT2D eigenvalue weighted by Gasteiger charge is -2.39. The number of nitrogens with zero attached hydrogens (tertiary/aromatic N) is 2. The topological polar surface area (TPSA) is 54.5 Å². The lowest BCUT2D eigenvalue weighted by molar-refractivity contribution is -0.136. The Morgan fingerprint density at radius 2 is 2.35 bits per heavy atom. The van der Waals surface area contributed by atoms with Crippen molar-refractivity contribution >= 4 is 17.2 Å². The quantitative estimate of drug-likeness (QED) is 0.830. The molecule has 5 nitrogen and oxygen atoms in total. The minimum Gasteiger partial charge on any atom is -0.378 e. The summed E-state index contributed by atoms with van der Waals surface area (Å²) in [4.78, 5) is 18.8. The minimum absolute atomic E-state index is 0.0891. The second-order valence-electron chi connectivity index (χ2n) is 6.55. The molecule has 1 aromatic rings. The molecule has 0 spiro atoms.